The standard InChI is InChI=1S/C24H28N6O/c1-17-10-20(12-21(11-17)31-4)30(9-5-8-25-2)19-6-7-22-23(13-19)28-24(15-26-22)18-14-27-29(3)16-18/h6-7,10-16,25H,5,8-9H2,1-4H3. The molecule has 0 amide bonds. The fourth-order valence-corrected chi connectivity index (χ4v) is 3.68. The number of anilines is 2. The van der Waals surface area contributed by atoms with Crippen molar-refractivity contribution in [3.8, 4) is 17.0 Å². The molecule has 0 saturated heterocycles. The Bertz CT molecular complexity index is 1190. The average Bonchev–Trinajstić information content (AvgIpc) is 3.22. The van der Waals surface area contributed by atoms with Crippen LogP contribution in [0.1, 0.15) is 12.0 Å². The minimum Gasteiger partial charge on any atom is -0.497 e. The maximum Gasteiger partial charge on any atom is 0.121 e. The third-order valence-corrected chi connectivity index (χ3v) is 5.23. The fourth-order valence-electron chi connectivity index (χ4n) is 3.68. The molecule has 160 valence electrons. The third-order valence-electron chi connectivity index (χ3n) is 5.23. The van der Waals surface area contributed by atoms with Gasteiger partial charge in [0.15, 0.2) is 0 Å². The van der Waals surface area contributed by atoms with Crippen LogP contribution >= 0.6 is 0 Å². The number of nitrogens with zero attached hydrogens (tertiary/aromatic N) is 5. The number of hydrogen-bond acceptors (Lipinski definition) is 6. The lowest BCUT2D eigenvalue weighted by molar-refractivity contribution is 0.414. The maximum absolute atomic E-state index is 5.52. The summed E-state index contributed by atoms with van der Waals surface area (Å²) in [5.41, 5.74) is 6.84. The van der Waals surface area contributed by atoms with Crippen molar-refractivity contribution < 1.29 is 4.74 Å². The van der Waals surface area contributed by atoms with Crippen molar-refractivity contribution in [2.75, 3.05) is 32.1 Å². The second-order valence-electron chi connectivity index (χ2n) is 7.65. The molecule has 0 atom stereocenters. The van der Waals surface area contributed by atoms with E-state index in [0.717, 1.165) is 64.5 Å². The summed E-state index contributed by atoms with van der Waals surface area (Å²) in [6.45, 7) is 3.90. The van der Waals surface area contributed by atoms with Crippen LogP contribution in [0.5, 0.6) is 5.75 Å². The number of benzene rings is 2. The van der Waals surface area contributed by atoms with Crippen LogP contribution in [0.15, 0.2) is 55.0 Å². The summed E-state index contributed by atoms with van der Waals surface area (Å²) in [6, 6.07) is 12.5. The van der Waals surface area contributed by atoms with Crippen LogP contribution in [-0.2, 0) is 7.05 Å². The number of rotatable bonds is 8. The Kier molecular flexibility index (Phi) is 6.13. The summed E-state index contributed by atoms with van der Waals surface area (Å²) in [5.74, 6) is 0.855. The highest BCUT2D eigenvalue weighted by Gasteiger charge is 2.13. The van der Waals surface area contributed by atoms with E-state index in [1.54, 1.807) is 18.0 Å². The molecule has 4 rings (SSSR count). The van der Waals surface area contributed by atoms with Gasteiger partial charge in [-0.05, 0) is 62.8 Å². The molecular weight excluding hydrogens is 388 g/mol. The minimum atomic E-state index is 0.816. The zero-order valence-corrected chi connectivity index (χ0v) is 18.5. The van der Waals surface area contributed by atoms with Crippen molar-refractivity contribution in [3.05, 3.63) is 60.6 Å². The Morgan fingerprint density at radius 3 is 2.68 bits per heavy atom. The molecule has 0 spiro atoms. The van der Waals surface area contributed by atoms with Crippen LogP contribution in [0.25, 0.3) is 22.3 Å². The smallest absolute Gasteiger partial charge is 0.121 e. The van der Waals surface area contributed by atoms with Crippen LogP contribution in [0.4, 0.5) is 11.4 Å². The lowest BCUT2D eigenvalue weighted by atomic mass is 10.1. The predicted octanol–water partition coefficient (Wildman–Crippen LogP) is 4.09. The zero-order chi connectivity index (χ0) is 21.8. The maximum atomic E-state index is 5.52. The van der Waals surface area contributed by atoms with Gasteiger partial charge in [-0.25, -0.2) is 4.98 Å². The van der Waals surface area contributed by atoms with Gasteiger partial charge in [-0.1, -0.05) is 0 Å². The Morgan fingerprint density at radius 2 is 1.94 bits per heavy atom. The lowest BCUT2D eigenvalue weighted by Gasteiger charge is -2.26. The summed E-state index contributed by atoms with van der Waals surface area (Å²) in [5, 5.41) is 7.48. The molecule has 2 aromatic heterocycles. The van der Waals surface area contributed by atoms with Gasteiger partial charge in [0.1, 0.15) is 5.75 Å². The Morgan fingerprint density at radius 1 is 1.06 bits per heavy atom. The highest BCUT2D eigenvalue weighted by atomic mass is 16.5. The highest BCUT2D eigenvalue weighted by molar-refractivity contribution is 5.82. The van der Waals surface area contributed by atoms with Crippen LogP contribution in [0.3, 0.4) is 0 Å². The minimum absolute atomic E-state index is 0.816. The molecule has 0 bridgehead atoms. The van der Waals surface area contributed by atoms with E-state index in [1.165, 1.54) is 0 Å². The molecule has 0 aliphatic carbocycles. The normalized spacial score (nSPS) is 11.1. The van der Waals surface area contributed by atoms with E-state index < -0.39 is 0 Å². The second kappa shape index (κ2) is 9.14. The van der Waals surface area contributed by atoms with E-state index >= 15 is 0 Å². The molecule has 0 radical (unpaired) electrons. The van der Waals surface area contributed by atoms with Gasteiger partial charge in [0.05, 0.1) is 36.2 Å². The number of aryl methyl sites for hydroxylation is 2. The number of ether oxygens (including phenoxy) is 1. The van der Waals surface area contributed by atoms with Crippen molar-refractivity contribution in [2.45, 2.75) is 13.3 Å². The van der Waals surface area contributed by atoms with Gasteiger partial charge in [-0.2, -0.15) is 5.10 Å². The molecule has 0 saturated carbocycles. The lowest BCUT2D eigenvalue weighted by Crippen LogP contribution is -2.22. The summed E-state index contributed by atoms with van der Waals surface area (Å²) in [7, 11) is 5.58. The number of hydrogen-bond donors (Lipinski definition) is 1. The molecule has 2 heterocycles. The van der Waals surface area contributed by atoms with Crippen molar-refractivity contribution in [2.24, 2.45) is 7.05 Å². The van der Waals surface area contributed by atoms with E-state index in [1.807, 2.05) is 38.6 Å². The van der Waals surface area contributed by atoms with Gasteiger partial charge in [-0.15, -0.1) is 0 Å². The van der Waals surface area contributed by atoms with Gasteiger partial charge in [-0.3, -0.25) is 9.67 Å². The molecular formula is C24H28N6O. The first-order valence-electron chi connectivity index (χ1n) is 10.4. The number of methoxy groups -OCH3 is 1. The fraction of sp³-hybridized carbons (Fsp3) is 0.292. The molecule has 1 N–H and O–H groups in total. The first-order chi connectivity index (χ1) is 15.1. The van der Waals surface area contributed by atoms with Crippen LogP contribution < -0.4 is 15.0 Å². The Labute approximate surface area is 182 Å². The topological polar surface area (TPSA) is 68.1 Å². The quantitative estimate of drug-likeness (QED) is 0.436. The highest BCUT2D eigenvalue weighted by Crippen LogP contribution is 2.32. The summed E-state index contributed by atoms with van der Waals surface area (Å²) in [6.07, 6.45) is 6.56. The first-order valence-corrected chi connectivity index (χ1v) is 10.4. The van der Waals surface area contributed by atoms with Gasteiger partial charge in [0, 0.05) is 42.8 Å². The first kappa shape index (κ1) is 20.8. The number of aromatic nitrogens is 4. The van der Waals surface area contributed by atoms with Crippen molar-refractivity contribution >= 4 is 22.4 Å². The van der Waals surface area contributed by atoms with Gasteiger partial charge < -0.3 is 15.0 Å². The van der Waals surface area contributed by atoms with E-state index in [2.05, 4.69) is 51.5 Å². The average molecular weight is 417 g/mol. The van der Waals surface area contributed by atoms with Crippen molar-refractivity contribution in [3.63, 3.8) is 0 Å². The summed E-state index contributed by atoms with van der Waals surface area (Å²) < 4.78 is 7.29. The molecule has 4 aromatic rings. The van der Waals surface area contributed by atoms with Crippen LogP contribution in [-0.4, -0.2) is 47.0 Å². The van der Waals surface area contributed by atoms with Crippen LogP contribution in [0, 0.1) is 6.92 Å². The molecule has 31 heavy (non-hydrogen) atoms. The summed E-state index contributed by atoms with van der Waals surface area (Å²) in [4.78, 5) is 11.8. The van der Waals surface area contributed by atoms with E-state index in [0.29, 0.717) is 0 Å². The van der Waals surface area contributed by atoms with Crippen LogP contribution in [0.2, 0.25) is 0 Å². The van der Waals surface area contributed by atoms with E-state index in [4.69, 9.17) is 9.72 Å². The largest absolute Gasteiger partial charge is 0.497 e. The van der Waals surface area contributed by atoms with Crippen molar-refractivity contribution in [1.82, 2.24) is 25.1 Å². The molecule has 0 aliphatic rings. The molecule has 0 aliphatic heterocycles. The van der Waals surface area contributed by atoms with Gasteiger partial charge in [0.2, 0.25) is 0 Å². The molecule has 7 nitrogen and oxygen atoms in total. The Hall–Kier alpha value is -3.45. The van der Waals surface area contributed by atoms with Gasteiger partial charge >= 0.3 is 0 Å². The number of fused-ring (bicyclic) bond motifs is 1. The molecule has 0 unspecified atom stereocenters. The van der Waals surface area contributed by atoms with Gasteiger partial charge in [0.25, 0.3) is 0 Å². The third kappa shape index (κ3) is 4.67. The van der Waals surface area contributed by atoms with Crippen molar-refractivity contribution in [1.29, 1.82) is 0 Å². The molecule has 0 fully saturated rings. The Balaban J connectivity index is 1.76. The zero-order valence-electron chi connectivity index (χ0n) is 18.5. The second-order valence-corrected chi connectivity index (χ2v) is 7.65. The predicted molar refractivity (Wildman–Crippen MR) is 125 cm³/mol. The summed E-state index contributed by atoms with van der Waals surface area (Å²) >= 11 is 0. The SMILES string of the molecule is CNCCCN(c1cc(C)cc(OC)c1)c1ccc2ncc(-c3cnn(C)c3)nc2c1. The monoisotopic (exact) mass is 416 g/mol. The van der Waals surface area contributed by atoms with E-state index in [-0.39, 0.29) is 0 Å². The number of nitrogens with one attached hydrogen (secondary N) is 1. The molecule has 7 heteroatoms. The molecule has 2 aromatic carbocycles. The van der Waals surface area contributed by atoms with E-state index in [9.17, 15) is 0 Å².